The molecular formula is C12H14N3OS+. The van der Waals surface area contributed by atoms with E-state index in [0.29, 0.717) is 5.17 Å². The average molecular weight is 248 g/mol. The molecule has 1 aliphatic rings. The van der Waals surface area contributed by atoms with Crippen molar-refractivity contribution in [1.82, 2.24) is 0 Å². The molecule has 0 saturated carbocycles. The van der Waals surface area contributed by atoms with Crippen LogP contribution in [0.3, 0.4) is 0 Å². The molecule has 0 radical (unpaired) electrons. The second kappa shape index (κ2) is 4.35. The lowest BCUT2D eigenvalue weighted by atomic mass is 10.2. The predicted octanol–water partition coefficient (Wildman–Crippen LogP) is 1.95. The van der Waals surface area contributed by atoms with E-state index in [2.05, 4.69) is 5.10 Å². The largest absolute Gasteiger partial charge is 0.317 e. The van der Waals surface area contributed by atoms with Crippen LogP contribution in [-0.2, 0) is 4.79 Å². The van der Waals surface area contributed by atoms with Crippen molar-refractivity contribution < 1.29 is 9.28 Å². The van der Waals surface area contributed by atoms with E-state index >= 15 is 0 Å². The van der Waals surface area contributed by atoms with Crippen LogP contribution < -0.4 is 5.84 Å². The number of amides is 1. The minimum atomic E-state index is 0.0331. The Morgan fingerprint density at radius 1 is 1.35 bits per heavy atom. The van der Waals surface area contributed by atoms with Crippen LogP contribution in [0.4, 0.5) is 0 Å². The molecule has 0 bridgehead atoms. The fourth-order valence-electron chi connectivity index (χ4n) is 1.74. The Balaban J connectivity index is 2.54. The van der Waals surface area contributed by atoms with Crippen molar-refractivity contribution in [2.45, 2.75) is 6.92 Å². The highest BCUT2D eigenvalue weighted by Crippen LogP contribution is 2.43. The summed E-state index contributed by atoms with van der Waals surface area (Å²) >= 11 is 1.45. The zero-order valence-electron chi connectivity index (χ0n) is 9.75. The molecule has 1 aliphatic heterocycles. The van der Waals surface area contributed by atoms with Crippen LogP contribution in [0.25, 0.3) is 4.91 Å². The molecular weight excluding hydrogens is 234 g/mol. The van der Waals surface area contributed by atoms with Gasteiger partial charge < -0.3 is 5.84 Å². The van der Waals surface area contributed by atoms with Gasteiger partial charge in [-0.15, -0.1) is 5.10 Å². The summed E-state index contributed by atoms with van der Waals surface area (Å²) in [7, 11) is 1.79. The molecule has 0 aromatic heterocycles. The minimum Gasteiger partial charge on any atom is -0.317 e. The monoisotopic (exact) mass is 248 g/mol. The predicted molar refractivity (Wildman–Crippen MR) is 70.5 cm³/mol. The molecule has 1 aromatic rings. The zero-order valence-corrected chi connectivity index (χ0v) is 10.6. The standard InChI is InChI=1S/C12H14N3OS/c1-9-11(10-6-4-3-5-7-10)17-12(14-13)15(9,2)8-16/h3-8H,13H2,1-2H3/q+1. The van der Waals surface area contributed by atoms with Gasteiger partial charge in [0.25, 0.3) is 5.17 Å². The van der Waals surface area contributed by atoms with Crippen molar-refractivity contribution in [1.29, 1.82) is 0 Å². The van der Waals surface area contributed by atoms with Crippen LogP contribution in [0.1, 0.15) is 12.5 Å². The van der Waals surface area contributed by atoms with Gasteiger partial charge in [-0.1, -0.05) is 30.3 Å². The molecule has 1 unspecified atom stereocenters. The minimum absolute atomic E-state index is 0.0331. The van der Waals surface area contributed by atoms with Crippen LogP contribution in [0.15, 0.2) is 41.1 Å². The number of carbonyl (C=O) groups is 1. The zero-order chi connectivity index (χ0) is 12.5. The first-order valence-electron chi connectivity index (χ1n) is 5.19. The number of hydrogen-bond acceptors (Lipinski definition) is 4. The van der Waals surface area contributed by atoms with Crippen molar-refractivity contribution in [2.75, 3.05) is 7.05 Å². The SMILES string of the molecule is CC1=C(c2ccccc2)SC(=NN)[N+]1(C)C=O. The van der Waals surface area contributed by atoms with Crippen molar-refractivity contribution in [3.63, 3.8) is 0 Å². The highest BCUT2D eigenvalue weighted by atomic mass is 32.2. The Labute approximate surface area is 104 Å². The molecule has 88 valence electrons. The van der Waals surface area contributed by atoms with Gasteiger partial charge in [0.1, 0.15) is 5.70 Å². The average Bonchev–Trinajstić information content (AvgIpc) is 2.64. The summed E-state index contributed by atoms with van der Waals surface area (Å²) in [6, 6.07) is 9.93. The number of thioether (sulfide) groups is 1. The number of nitrogens with two attached hydrogens (primary N) is 1. The number of hydrazone groups is 1. The van der Waals surface area contributed by atoms with Crippen molar-refractivity contribution in [3.05, 3.63) is 41.6 Å². The van der Waals surface area contributed by atoms with Gasteiger partial charge in [0, 0.05) is 6.92 Å². The Morgan fingerprint density at radius 3 is 2.47 bits per heavy atom. The van der Waals surface area contributed by atoms with Gasteiger partial charge >= 0.3 is 6.41 Å². The van der Waals surface area contributed by atoms with Crippen LogP contribution >= 0.6 is 11.8 Å². The molecule has 1 heterocycles. The van der Waals surface area contributed by atoms with E-state index in [4.69, 9.17) is 5.84 Å². The van der Waals surface area contributed by atoms with Crippen LogP contribution in [0.5, 0.6) is 0 Å². The molecule has 2 N–H and O–H groups in total. The van der Waals surface area contributed by atoms with Gasteiger partial charge in [0.2, 0.25) is 0 Å². The van der Waals surface area contributed by atoms with Gasteiger partial charge in [-0.05, 0) is 17.3 Å². The molecule has 1 amide bonds. The summed E-state index contributed by atoms with van der Waals surface area (Å²) in [5.74, 6) is 5.35. The second-order valence-corrected chi connectivity index (χ2v) is 4.95. The van der Waals surface area contributed by atoms with Crippen molar-refractivity contribution in [3.8, 4) is 0 Å². The molecule has 1 atom stereocenters. The molecule has 0 fully saturated rings. The van der Waals surface area contributed by atoms with E-state index < -0.39 is 0 Å². The normalized spacial score (nSPS) is 26.6. The lowest BCUT2D eigenvalue weighted by molar-refractivity contribution is -0.681. The Morgan fingerprint density at radius 2 is 2.00 bits per heavy atom. The van der Waals surface area contributed by atoms with Gasteiger partial charge in [0.05, 0.1) is 12.0 Å². The quantitative estimate of drug-likeness (QED) is 0.377. The Hall–Kier alpha value is -1.59. The first kappa shape index (κ1) is 11.9. The maximum absolute atomic E-state index is 11.3. The smallest absolute Gasteiger partial charge is 0.312 e. The Bertz CT molecular complexity index is 510. The van der Waals surface area contributed by atoms with Gasteiger partial charge in [-0.2, -0.15) is 4.48 Å². The van der Waals surface area contributed by atoms with E-state index in [1.807, 2.05) is 37.3 Å². The summed E-state index contributed by atoms with van der Waals surface area (Å²) in [5, 5.41) is 4.31. The van der Waals surface area contributed by atoms with Gasteiger partial charge in [0.15, 0.2) is 0 Å². The molecule has 0 spiro atoms. The summed E-state index contributed by atoms with van der Waals surface area (Å²) < 4.78 is 0.0331. The number of quaternary nitrogens is 1. The maximum Gasteiger partial charge on any atom is 0.312 e. The molecule has 1 aromatic carbocycles. The van der Waals surface area contributed by atoms with E-state index in [1.165, 1.54) is 11.8 Å². The summed E-state index contributed by atoms with van der Waals surface area (Å²) in [6.07, 6.45) is 0.851. The summed E-state index contributed by atoms with van der Waals surface area (Å²) in [4.78, 5) is 12.3. The van der Waals surface area contributed by atoms with Crippen LogP contribution in [0, 0.1) is 0 Å². The number of amidine groups is 1. The number of benzene rings is 1. The third kappa shape index (κ3) is 1.77. The molecule has 0 saturated heterocycles. The maximum atomic E-state index is 11.3. The highest BCUT2D eigenvalue weighted by molar-refractivity contribution is 8.21. The molecule has 5 heteroatoms. The van der Waals surface area contributed by atoms with Crippen LogP contribution in [-0.4, -0.2) is 23.1 Å². The Kier molecular flexibility index (Phi) is 3.04. The molecule has 0 aliphatic carbocycles. The number of nitrogens with zero attached hydrogens (tertiary/aromatic N) is 2. The third-order valence-electron chi connectivity index (χ3n) is 2.97. The number of rotatable bonds is 2. The number of allylic oxidation sites excluding steroid dienone is 1. The molecule has 17 heavy (non-hydrogen) atoms. The summed E-state index contributed by atoms with van der Waals surface area (Å²) in [6.45, 7) is 1.93. The topological polar surface area (TPSA) is 55.4 Å². The lowest BCUT2D eigenvalue weighted by Crippen LogP contribution is -2.42. The number of carbonyl (C=O) groups excluding carboxylic acids is 1. The van der Waals surface area contributed by atoms with E-state index in [9.17, 15) is 4.79 Å². The number of hydrogen-bond donors (Lipinski definition) is 1. The first-order chi connectivity index (χ1) is 8.13. The van der Waals surface area contributed by atoms with E-state index in [0.717, 1.165) is 22.6 Å². The molecule has 4 nitrogen and oxygen atoms in total. The summed E-state index contributed by atoms with van der Waals surface area (Å²) in [5.41, 5.74) is 2.03. The van der Waals surface area contributed by atoms with Crippen molar-refractivity contribution in [2.24, 2.45) is 10.9 Å². The third-order valence-corrected chi connectivity index (χ3v) is 4.38. The van der Waals surface area contributed by atoms with Crippen molar-refractivity contribution >= 4 is 28.2 Å². The van der Waals surface area contributed by atoms with E-state index in [1.54, 1.807) is 7.05 Å². The van der Waals surface area contributed by atoms with E-state index in [-0.39, 0.29) is 4.48 Å². The molecule has 2 rings (SSSR count). The fraction of sp³-hybridized carbons (Fsp3) is 0.167. The van der Waals surface area contributed by atoms with Gasteiger partial charge in [-0.25, -0.2) is 4.79 Å². The highest BCUT2D eigenvalue weighted by Gasteiger charge is 2.43. The van der Waals surface area contributed by atoms with Gasteiger partial charge in [-0.3, -0.25) is 0 Å². The second-order valence-electron chi connectivity index (χ2n) is 3.98. The fourth-order valence-corrected chi connectivity index (χ4v) is 2.94. The lowest BCUT2D eigenvalue weighted by Gasteiger charge is -2.19. The first-order valence-corrected chi connectivity index (χ1v) is 6.01. The van der Waals surface area contributed by atoms with Crippen LogP contribution in [0.2, 0.25) is 0 Å².